The highest BCUT2D eigenvalue weighted by Gasteiger charge is 2.53. The first kappa shape index (κ1) is 21.5. The van der Waals surface area contributed by atoms with E-state index in [4.69, 9.17) is 16.3 Å². The lowest BCUT2D eigenvalue weighted by molar-refractivity contribution is 0.133. The van der Waals surface area contributed by atoms with Gasteiger partial charge in [0.25, 0.3) is 0 Å². The van der Waals surface area contributed by atoms with E-state index in [1.165, 1.54) is 11.8 Å². The van der Waals surface area contributed by atoms with Gasteiger partial charge in [-0.05, 0) is 48.7 Å². The van der Waals surface area contributed by atoms with Crippen LogP contribution in [0.2, 0.25) is 5.02 Å². The number of nitrogens with zero attached hydrogens (tertiary/aromatic N) is 7. The van der Waals surface area contributed by atoms with Crippen LogP contribution in [-0.2, 0) is 17.8 Å². The summed E-state index contributed by atoms with van der Waals surface area (Å²) in [6.07, 6.45) is 2.35. The van der Waals surface area contributed by atoms with Crippen LogP contribution in [-0.4, -0.2) is 70.1 Å². The van der Waals surface area contributed by atoms with Crippen molar-refractivity contribution in [2.45, 2.75) is 32.5 Å². The molecule has 2 aromatic heterocycles. The summed E-state index contributed by atoms with van der Waals surface area (Å²) in [5, 5.41) is 10.0. The van der Waals surface area contributed by atoms with Gasteiger partial charge in [0.15, 0.2) is 5.82 Å². The minimum atomic E-state index is -0.258. The van der Waals surface area contributed by atoms with Gasteiger partial charge in [-0.1, -0.05) is 11.6 Å². The molecule has 35 heavy (non-hydrogen) atoms. The lowest BCUT2D eigenvalue weighted by atomic mass is 9.73. The molecule has 0 amide bonds. The van der Waals surface area contributed by atoms with Gasteiger partial charge < -0.3 is 14.5 Å². The number of hydrogen-bond donors (Lipinski definition) is 0. The van der Waals surface area contributed by atoms with Gasteiger partial charge in [0.2, 0.25) is 5.95 Å². The number of fused-ring (bicyclic) bond motifs is 3. The van der Waals surface area contributed by atoms with Gasteiger partial charge in [0.05, 0.1) is 25.0 Å². The Balaban J connectivity index is 1.13. The Morgan fingerprint density at radius 3 is 2.69 bits per heavy atom. The van der Waals surface area contributed by atoms with Crippen molar-refractivity contribution in [2.24, 2.45) is 5.41 Å². The molecule has 3 fully saturated rings. The third kappa shape index (κ3) is 3.51. The van der Waals surface area contributed by atoms with Gasteiger partial charge >= 0.3 is 0 Å². The van der Waals surface area contributed by atoms with Crippen molar-refractivity contribution in [1.82, 2.24) is 24.6 Å². The van der Waals surface area contributed by atoms with Crippen LogP contribution in [0.5, 0.6) is 0 Å². The highest BCUT2D eigenvalue weighted by atomic mass is 35.5. The third-order valence-corrected chi connectivity index (χ3v) is 8.11. The monoisotopic (exact) mass is 495 g/mol. The molecule has 0 bridgehead atoms. The molecule has 10 heteroatoms. The second-order valence-electron chi connectivity index (χ2n) is 10.5. The van der Waals surface area contributed by atoms with Crippen molar-refractivity contribution < 1.29 is 9.13 Å². The summed E-state index contributed by atoms with van der Waals surface area (Å²) in [7, 11) is 0. The van der Waals surface area contributed by atoms with Crippen LogP contribution >= 0.6 is 11.6 Å². The maximum absolute atomic E-state index is 13.6. The predicted octanol–water partition coefficient (Wildman–Crippen LogP) is 3.19. The van der Waals surface area contributed by atoms with Gasteiger partial charge in [0.1, 0.15) is 11.6 Å². The third-order valence-electron chi connectivity index (χ3n) is 7.88. The lowest BCUT2D eigenvalue weighted by Gasteiger charge is -2.60. The predicted molar refractivity (Wildman–Crippen MR) is 131 cm³/mol. The van der Waals surface area contributed by atoms with Crippen molar-refractivity contribution in [3.8, 4) is 5.69 Å². The van der Waals surface area contributed by atoms with Crippen LogP contribution in [0.15, 0.2) is 30.5 Å². The SMILES string of the molecule is Cc1cc(N2CC3(C2)CN(c2nnc4n2-c2ccc(Cl)cc2CN([C@@H]2CCOC2)C4)C3)ncc1F. The Bertz CT molecular complexity index is 1290. The smallest absolute Gasteiger partial charge is 0.231 e. The molecule has 4 aliphatic rings. The molecule has 1 spiro atoms. The molecule has 1 atom stereocenters. The normalized spacial score (nSPS) is 23.0. The number of hydrogen-bond acceptors (Lipinski definition) is 7. The van der Waals surface area contributed by atoms with Gasteiger partial charge in [-0.25, -0.2) is 9.37 Å². The largest absolute Gasteiger partial charge is 0.380 e. The number of pyridine rings is 1. The fourth-order valence-corrected chi connectivity index (χ4v) is 6.21. The standard InChI is InChI=1S/C25H27ClFN7O/c1-16-6-22(28-8-20(16)27)32-12-25(13-32)14-33(15-25)24-30-29-23-10-31(19-4-5-35-11-19)9-17-7-18(26)2-3-21(17)34(23)24/h2-3,6-8,19H,4-5,9-15H2,1H3/t19-/m1/s1. The van der Waals surface area contributed by atoms with Crippen molar-refractivity contribution in [3.05, 3.63) is 58.3 Å². The van der Waals surface area contributed by atoms with E-state index in [1.54, 1.807) is 6.92 Å². The van der Waals surface area contributed by atoms with Crippen LogP contribution in [0.1, 0.15) is 23.4 Å². The van der Waals surface area contributed by atoms with E-state index in [1.807, 2.05) is 12.1 Å². The maximum Gasteiger partial charge on any atom is 0.231 e. The summed E-state index contributed by atoms with van der Waals surface area (Å²) in [6, 6.07) is 8.32. The number of aromatic nitrogens is 4. The van der Waals surface area contributed by atoms with E-state index in [-0.39, 0.29) is 11.2 Å². The van der Waals surface area contributed by atoms with Gasteiger partial charge in [-0.3, -0.25) is 9.47 Å². The van der Waals surface area contributed by atoms with E-state index >= 15 is 0 Å². The summed E-state index contributed by atoms with van der Waals surface area (Å²) < 4.78 is 21.5. The van der Waals surface area contributed by atoms with Crippen molar-refractivity contribution in [2.75, 3.05) is 49.2 Å². The number of benzene rings is 1. The van der Waals surface area contributed by atoms with Gasteiger partial charge in [-0.15, -0.1) is 10.2 Å². The number of aryl methyl sites for hydroxylation is 1. The summed E-state index contributed by atoms with van der Waals surface area (Å²) >= 11 is 6.40. The Hall–Kier alpha value is -2.75. The second kappa shape index (κ2) is 7.88. The lowest BCUT2D eigenvalue weighted by Crippen LogP contribution is -2.73. The van der Waals surface area contributed by atoms with E-state index in [9.17, 15) is 4.39 Å². The fraction of sp³-hybridized carbons (Fsp3) is 0.480. The van der Waals surface area contributed by atoms with E-state index in [0.717, 1.165) is 87.2 Å². The van der Waals surface area contributed by atoms with Crippen LogP contribution < -0.4 is 9.80 Å². The second-order valence-corrected chi connectivity index (χ2v) is 10.9. The quantitative estimate of drug-likeness (QED) is 0.553. The molecule has 0 unspecified atom stereocenters. The van der Waals surface area contributed by atoms with Crippen LogP contribution in [0.25, 0.3) is 5.69 Å². The Kier molecular flexibility index (Phi) is 4.84. The van der Waals surface area contributed by atoms with Crippen molar-refractivity contribution in [3.63, 3.8) is 0 Å². The molecule has 6 heterocycles. The molecule has 182 valence electrons. The molecule has 4 aliphatic heterocycles. The maximum atomic E-state index is 13.6. The zero-order valence-corrected chi connectivity index (χ0v) is 20.4. The molecule has 0 saturated carbocycles. The van der Waals surface area contributed by atoms with E-state index in [0.29, 0.717) is 11.6 Å². The molecule has 0 aliphatic carbocycles. The van der Waals surface area contributed by atoms with Crippen molar-refractivity contribution >= 4 is 23.4 Å². The average molecular weight is 496 g/mol. The number of ether oxygens (including phenoxy) is 1. The topological polar surface area (TPSA) is 62.6 Å². The summed E-state index contributed by atoms with van der Waals surface area (Å²) in [5.74, 6) is 2.45. The van der Waals surface area contributed by atoms with Gasteiger partial charge in [-0.2, -0.15) is 0 Å². The first-order valence-corrected chi connectivity index (χ1v) is 12.5. The molecular formula is C25H27ClFN7O. The van der Waals surface area contributed by atoms with Gasteiger partial charge in [0, 0.05) is 55.8 Å². The minimum absolute atomic E-state index is 0.219. The zero-order valence-electron chi connectivity index (χ0n) is 19.6. The molecule has 8 nitrogen and oxygen atoms in total. The molecule has 0 N–H and O–H groups in total. The number of anilines is 2. The molecular weight excluding hydrogens is 469 g/mol. The number of rotatable bonds is 3. The first-order valence-electron chi connectivity index (χ1n) is 12.1. The minimum Gasteiger partial charge on any atom is -0.380 e. The molecule has 1 aromatic carbocycles. The Morgan fingerprint density at radius 2 is 1.91 bits per heavy atom. The summed E-state index contributed by atoms with van der Waals surface area (Å²) in [4.78, 5) is 11.3. The Morgan fingerprint density at radius 1 is 1.09 bits per heavy atom. The number of halogens is 2. The zero-order chi connectivity index (χ0) is 23.7. The van der Waals surface area contributed by atoms with E-state index < -0.39 is 0 Å². The molecule has 0 radical (unpaired) electrons. The summed E-state index contributed by atoms with van der Waals surface area (Å²) in [6.45, 7) is 8.57. The van der Waals surface area contributed by atoms with E-state index in [2.05, 4.69) is 46.6 Å². The average Bonchev–Trinajstić information content (AvgIpc) is 3.42. The Labute approximate surface area is 208 Å². The molecule has 3 saturated heterocycles. The first-order chi connectivity index (χ1) is 17.0. The van der Waals surface area contributed by atoms with Crippen LogP contribution in [0, 0.1) is 18.2 Å². The van der Waals surface area contributed by atoms with Crippen LogP contribution in [0.3, 0.4) is 0 Å². The van der Waals surface area contributed by atoms with Crippen molar-refractivity contribution in [1.29, 1.82) is 0 Å². The molecule has 3 aromatic rings. The van der Waals surface area contributed by atoms with Crippen LogP contribution in [0.4, 0.5) is 16.2 Å². The highest BCUT2D eigenvalue weighted by molar-refractivity contribution is 6.30. The molecule has 7 rings (SSSR count). The summed E-state index contributed by atoms with van der Waals surface area (Å²) in [5.41, 5.74) is 3.14. The fourth-order valence-electron chi connectivity index (χ4n) is 6.01. The highest BCUT2D eigenvalue weighted by Crippen LogP contribution is 2.44.